The molecule has 0 aromatic heterocycles. The molecule has 76 valence electrons. The van der Waals surface area contributed by atoms with Crippen LogP contribution in [0.3, 0.4) is 0 Å². The third-order valence-corrected chi connectivity index (χ3v) is 2.46. The van der Waals surface area contributed by atoms with Gasteiger partial charge in [-0.15, -0.1) is 0 Å². The minimum Gasteiger partial charge on any atom is -0.497 e. The van der Waals surface area contributed by atoms with Crippen molar-refractivity contribution in [3.05, 3.63) is 29.8 Å². The van der Waals surface area contributed by atoms with Gasteiger partial charge in [-0.2, -0.15) is 0 Å². The Balaban J connectivity index is 2.64. The van der Waals surface area contributed by atoms with Crippen LogP contribution in [-0.2, 0) is 11.2 Å². The summed E-state index contributed by atoms with van der Waals surface area (Å²) in [4.78, 5) is 10.8. The molecule has 3 heteroatoms. The molecule has 14 heavy (non-hydrogen) atoms. The molecule has 0 aliphatic heterocycles. The van der Waals surface area contributed by atoms with E-state index in [4.69, 9.17) is 16.3 Å². The fourth-order valence-corrected chi connectivity index (χ4v) is 1.27. The third-order valence-electron chi connectivity index (χ3n) is 2.09. The van der Waals surface area contributed by atoms with Crippen LogP contribution < -0.4 is 4.74 Å². The Morgan fingerprint density at radius 1 is 1.43 bits per heavy atom. The van der Waals surface area contributed by atoms with Gasteiger partial charge in [-0.05, 0) is 35.7 Å². The lowest BCUT2D eigenvalue weighted by atomic mass is 10.0. The van der Waals surface area contributed by atoms with Crippen molar-refractivity contribution in [3.63, 3.8) is 0 Å². The molecule has 0 saturated heterocycles. The van der Waals surface area contributed by atoms with Crippen molar-refractivity contribution in [2.45, 2.75) is 13.3 Å². The fourth-order valence-electron chi connectivity index (χ4n) is 1.20. The summed E-state index contributed by atoms with van der Waals surface area (Å²) in [5.41, 5.74) is 1.09. The van der Waals surface area contributed by atoms with Crippen molar-refractivity contribution in [1.29, 1.82) is 0 Å². The highest BCUT2D eigenvalue weighted by Gasteiger charge is 2.10. The van der Waals surface area contributed by atoms with Crippen molar-refractivity contribution in [2.75, 3.05) is 7.11 Å². The van der Waals surface area contributed by atoms with E-state index in [0.29, 0.717) is 6.42 Å². The largest absolute Gasteiger partial charge is 0.497 e. The number of hydrogen-bond acceptors (Lipinski definition) is 2. The van der Waals surface area contributed by atoms with Gasteiger partial charge in [-0.1, -0.05) is 19.1 Å². The maximum Gasteiger partial charge on any atom is 0.224 e. The lowest BCUT2D eigenvalue weighted by Crippen LogP contribution is -2.07. The minimum atomic E-state index is -0.291. The number of methoxy groups -OCH3 is 1. The summed E-state index contributed by atoms with van der Waals surface area (Å²) in [5.74, 6) is 0.684. The average Bonchev–Trinajstić information content (AvgIpc) is 2.19. The smallest absolute Gasteiger partial charge is 0.224 e. The van der Waals surface area contributed by atoms with E-state index in [-0.39, 0.29) is 11.2 Å². The molecular formula is C11H13ClO2. The number of hydrogen-bond donors (Lipinski definition) is 0. The maximum atomic E-state index is 10.8. The normalized spacial score (nSPS) is 12.2. The van der Waals surface area contributed by atoms with Gasteiger partial charge in [0.2, 0.25) is 5.24 Å². The van der Waals surface area contributed by atoms with Crippen LogP contribution in [0.4, 0.5) is 0 Å². The van der Waals surface area contributed by atoms with Gasteiger partial charge in [0.05, 0.1) is 7.11 Å². The van der Waals surface area contributed by atoms with E-state index >= 15 is 0 Å². The molecule has 0 aliphatic rings. The van der Waals surface area contributed by atoms with E-state index in [1.165, 1.54) is 0 Å². The Labute approximate surface area is 88.8 Å². The number of rotatable bonds is 4. The lowest BCUT2D eigenvalue weighted by Gasteiger charge is -2.06. The van der Waals surface area contributed by atoms with Crippen molar-refractivity contribution >= 4 is 16.8 Å². The van der Waals surface area contributed by atoms with E-state index in [0.717, 1.165) is 11.3 Å². The van der Waals surface area contributed by atoms with Crippen LogP contribution in [0.1, 0.15) is 12.5 Å². The monoisotopic (exact) mass is 212 g/mol. The number of carbonyl (C=O) groups excluding carboxylic acids is 1. The Kier molecular flexibility index (Phi) is 3.96. The molecule has 0 saturated carbocycles. The number of benzene rings is 1. The number of halogens is 1. The summed E-state index contributed by atoms with van der Waals surface area (Å²) in [7, 11) is 1.62. The molecule has 0 heterocycles. The Bertz CT molecular complexity index is 306. The van der Waals surface area contributed by atoms with Gasteiger partial charge in [-0.3, -0.25) is 4.79 Å². The van der Waals surface area contributed by atoms with Gasteiger partial charge in [0.25, 0.3) is 0 Å². The minimum absolute atomic E-state index is 0.134. The second kappa shape index (κ2) is 5.01. The molecule has 1 aromatic carbocycles. The Morgan fingerprint density at radius 3 is 2.43 bits per heavy atom. The summed E-state index contributed by atoms with van der Waals surface area (Å²) < 4.78 is 5.03. The molecule has 0 amide bonds. The predicted octanol–water partition coefficient (Wildman–Crippen LogP) is 2.64. The molecule has 0 aliphatic carbocycles. The van der Waals surface area contributed by atoms with Gasteiger partial charge >= 0.3 is 0 Å². The van der Waals surface area contributed by atoms with Gasteiger partial charge < -0.3 is 4.74 Å². The molecule has 0 N–H and O–H groups in total. The Morgan fingerprint density at radius 2 is 2.00 bits per heavy atom. The average molecular weight is 213 g/mol. The van der Waals surface area contributed by atoms with E-state index in [1.807, 2.05) is 31.2 Å². The SMILES string of the molecule is COc1ccc(CC(C)C(=O)Cl)cc1. The first-order valence-electron chi connectivity index (χ1n) is 4.45. The molecule has 1 unspecified atom stereocenters. The number of carbonyl (C=O) groups is 1. The first-order valence-corrected chi connectivity index (χ1v) is 4.83. The second-order valence-corrected chi connectivity index (χ2v) is 3.63. The fraction of sp³-hybridized carbons (Fsp3) is 0.364. The third kappa shape index (κ3) is 3.04. The predicted molar refractivity (Wildman–Crippen MR) is 56.7 cm³/mol. The molecule has 0 fully saturated rings. The molecule has 2 nitrogen and oxygen atoms in total. The van der Waals surface area contributed by atoms with Crippen molar-refractivity contribution in [2.24, 2.45) is 5.92 Å². The summed E-state index contributed by atoms with van der Waals surface area (Å²) in [5, 5.41) is -0.291. The molecule has 1 aromatic rings. The first kappa shape index (κ1) is 11.1. The zero-order valence-electron chi connectivity index (χ0n) is 8.29. The highest BCUT2D eigenvalue weighted by atomic mass is 35.5. The van der Waals surface area contributed by atoms with Gasteiger partial charge in [0.15, 0.2) is 0 Å². The summed E-state index contributed by atoms with van der Waals surface area (Å²) in [6.45, 7) is 1.82. The van der Waals surface area contributed by atoms with Crippen LogP contribution in [0, 0.1) is 5.92 Å². The van der Waals surface area contributed by atoms with Gasteiger partial charge in [0, 0.05) is 5.92 Å². The lowest BCUT2D eigenvalue weighted by molar-refractivity contribution is -0.114. The van der Waals surface area contributed by atoms with Crippen molar-refractivity contribution in [3.8, 4) is 5.75 Å². The molecule has 0 radical (unpaired) electrons. The summed E-state index contributed by atoms with van der Waals surface area (Å²) >= 11 is 5.37. The quantitative estimate of drug-likeness (QED) is 0.718. The zero-order valence-corrected chi connectivity index (χ0v) is 9.04. The van der Waals surface area contributed by atoms with Crippen LogP contribution in [0.5, 0.6) is 5.75 Å². The van der Waals surface area contributed by atoms with Crippen LogP contribution in [0.2, 0.25) is 0 Å². The van der Waals surface area contributed by atoms with Crippen molar-refractivity contribution in [1.82, 2.24) is 0 Å². The van der Waals surface area contributed by atoms with Crippen LogP contribution in [-0.4, -0.2) is 12.4 Å². The van der Waals surface area contributed by atoms with E-state index in [2.05, 4.69) is 0 Å². The van der Waals surface area contributed by atoms with Gasteiger partial charge in [0.1, 0.15) is 5.75 Å². The highest BCUT2D eigenvalue weighted by Crippen LogP contribution is 2.15. The standard InChI is InChI=1S/C11H13ClO2/c1-8(11(12)13)7-9-3-5-10(14-2)6-4-9/h3-6,8H,7H2,1-2H3. The maximum absolute atomic E-state index is 10.8. The van der Waals surface area contributed by atoms with Gasteiger partial charge in [-0.25, -0.2) is 0 Å². The molecule has 1 atom stereocenters. The molecule has 0 spiro atoms. The summed E-state index contributed by atoms with van der Waals surface area (Å²) in [6.07, 6.45) is 0.673. The second-order valence-electron chi connectivity index (χ2n) is 3.26. The molecule has 0 bridgehead atoms. The zero-order chi connectivity index (χ0) is 10.6. The van der Waals surface area contributed by atoms with E-state index in [1.54, 1.807) is 7.11 Å². The van der Waals surface area contributed by atoms with Crippen LogP contribution in [0.15, 0.2) is 24.3 Å². The highest BCUT2D eigenvalue weighted by molar-refractivity contribution is 6.63. The Hall–Kier alpha value is -1.02. The summed E-state index contributed by atoms with van der Waals surface area (Å²) in [6, 6.07) is 7.63. The number of ether oxygens (including phenoxy) is 1. The van der Waals surface area contributed by atoms with E-state index in [9.17, 15) is 4.79 Å². The van der Waals surface area contributed by atoms with Crippen molar-refractivity contribution < 1.29 is 9.53 Å². The topological polar surface area (TPSA) is 26.3 Å². The van der Waals surface area contributed by atoms with Crippen LogP contribution >= 0.6 is 11.6 Å². The molecular weight excluding hydrogens is 200 g/mol. The van der Waals surface area contributed by atoms with Crippen LogP contribution in [0.25, 0.3) is 0 Å². The van der Waals surface area contributed by atoms with E-state index < -0.39 is 0 Å². The first-order chi connectivity index (χ1) is 6.63. The molecule has 1 rings (SSSR count).